The number of hydrogen-bond acceptors (Lipinski definition) is 5. The number of likely N-dealkylation sites (N-methyl/N-ethyl adjacent to an activating group) is 1. The Morgan fingerprint density at radius 3 is 3.06 bits per heavy atom. The molecule has 0 radical (unpaired) electrons. The highest BCUT2D eigenvalue weighted by atomic mass is 16.5. The first kappa shape index (κ1) is 11.7. The van der Waals surface area contributed by atoms with Crippen LogP contribution in [0.25, 0.3) is 5.65 Å². The Morgan fingerprint density at radius 2 is 2.35 bits per heavy atom. The summed E-state index contributed by atoms with van der Waals surface area (Å²) in [4.78, 5) is 10.6. The minimum atomic E-state index is 0.204. The van der Waals surface area contributed by atoms with Crippen molar-refractivity contribution >= 4 is 17.3 Å². The van der Waals surface area contributed by atoms with Gasteiger partial charge in [0, 0.05) is 26.6 Å². The van der Waals surface area contributed by atoms with Crippen LogP contribution in [0.3, 0.4) is 0 Å². The van der Waals surface area contributed by atoms with E-state index in [1.54, 1.807) is 19.5 Å². The summed E-state index contributed by atoms with van der Waals surface area (Å²) in [5.74, 6) is 1.24. The topological polar surface area (TPSA) is 68.7 Å². The van der Waals surface area contributed by atoms with Gasteiger partial charge in [0.2, 0.25) is 0 Å². The maximum Gasteiger partial charge on any atom is 0.180 e. The maximum absolute atomic E-state index is 5.78. The molecule has 0 fully saturated rings. The number of ether oxygens (including phenoxy) is 1. The zero-order chi connectivity index (χ0) is 12.4. The first-order chi connectivity index (χ1) is 8.13. The summed E-state index contributed by atoms with van der Waals surface area (Å²) in [6.45, 7) is 2.69. The van der Waals surface area contributed by atoms with Crippen molar-refractivity contribution in [2.24, 2.45) is 0 Å². The number of rotatable bonds is 4. The third-order valence-electron chi connectivity index (χ3n) is 2.78. The number of anilines is 2. The van der Waals surface area contributed by atoms with E-state index in [2.05, 4.69) is 16.9 Å². The highest BCUT2D eigenvalue weighted by Gasteiger charge is 2.16. The van der Waals surface area contributed by atoms with Crippen molar-refractivity contribution in [1.82, 2.24) is 14.4 Å². The monoisotopic (exact) mass is 235 g/mol. The first-order valence-corrected chi connectivity index (χ1v) is 5.44. The van der Waals surface area contributed by atoms with E-state index >= 15 is 0 Å². The molecule has 1 unspecified atom stereocenters. The predicted molar refractivity (Wildman–Crippen MR) is 67.1 cm³/mol. The highest BCUT2D eigenvalue weighted by molar-refractivity contribution is 5.66. The van der Waals surface area contributed by atoms with Gasteiger partial charge < -0.3 is 19.8 Å². The highest BCUT2D eigenvalue weighted by Crippen LogP contribution is 2.20. The molecule has 17 heavy (non-hydrogen) atoms. The number of nitrogen functional groups attached to an aromatic ring is 1. The van der Waals surface area contributed by atoms with Crippen LogP contribution in [0.5, 0.6) is 0 Å². The summed E-state index contributed by atoms with van der Waals surface area (Å²) in [6, 6.07) is 0.204. The number of nitrogens with zero attached hydrogens (tertiary/aromatic N) is 4. The third kappa shape index (κ3) is 2.16. The Balaban J connectivity index is 2.43. The van der Waals surface area contributed by atoms with Crippen LogP contribution in [-0.4, -0.2) is 41.2 Å². The van der Waals surface area contributed by atoms with E-state index in [4.69, 9.17) is 10.5 Å². The van der Waals surface area contributed by atoms with Gasteiger partial charge >= 0.3 is 0 Å². The Hall–Kier alpha value is -1.82. The third-order valence-corrected chi connectivity index (χ3v) is 2.78. The molecule has 0 saturated carbocycles. The molecule has 2 rings (SSSR count). The summed E-state index contributed by atoms with van der Waals surface area (Å²) in [7, 11) is 3.64. The Morgan fingerprint density at radius 1 is 1.59 bits per heavy atom. The van der Waals surface area contributed by atoms with Crippen molar-refractivity contribution in [3.8, 4) is 0 Å². The average molecular weight is 235 g/mol. The summed E-state index contributed by atoms with van der Waals surface area (Å²) in [6.07, 6.45) is 5.33. The second kappa shape index (κ2) is 4.58. The maximum atomic E-state index is 5.78. The van der Waals surface area contributed by atoms with Crippen LogP contribution in [0.1, 0.15) is 6.92 Å². The molecule has 0 spiro atoms. The fourth-order valence-corrected chi connectivity index (χ4v) is 1.73. The van der Waals surface area contributed by atoms with Gasteiger partial charge in [-0.05, 0) is 6.92 Å². The lowest BCUT2D eigenvalue weighted by molar-refractivity contribution is 0.183. The first-order valence-electron chi connectivity index (χ1n) is 5.44. The molecule has 2 heterocycles. The van der Waals surface area contributed by atoms with Crippen molar-refractivity contribution in [2.45, 2.75) is 13.0 Å². The Kier molecular flexibility index (Phi) is 3.14. The largest absolute Gasteiger partial charge is 0.383 e. The molecule has 2 N–H and O–H groups in total. The van der Waals surface area contributed by atoms with Gasteiger partial charge in [0.15, 0.2) is 11.5 Å². The van der Waals surface area contributed by atoms with E-state index in [9.17, 15) is 0 Å². The lowest BCUT2D eigenvalue weighted by Crippen LogP contribution is -2.33. The molecule has 0 aromatic carbocycles. The summed E-state index contributed by atoms with van der Waals surface area (Å²) in [5, 5.41) is 0. The van der Waals surface area contributed by atoms with Crippen LogP contribution in [0, 0.1) is 0 Å². The molecule has 2 aromatic heterocycles. The fraction of sp³-hybridized carbons (Fsp3) is 0.455. The number of hydrogen-bond donors (Lipinski definition) is 1. The van der Waals surface area contributed by atoms with Crippen molar-refractivity contribution in [3.63, 3.8) is 0 Å². The lowest BCUT2D eigenvalue weighted by atomic mass is 10.3. The number of imidazole rings is 1. The molecule has 0 saturated heterocycles. The van der Waals surface area contributed by atoms with Crippen molar-refractivity contribution in [2.75, 3.05) is 31.4 Å². The second-order valence-electron chi connectivity index (χ2n) is 4.06. The summed E-state index contributed by atoms with van der Waals surface area (Å²) >= 11 is 0. The zero-order valence-electron chi connectivity index (χ0n) is 10.3. The Labute approximate surface area is 100 Å². The number of fused-ring (bicyclic) bond motifs is 1. The van der Waals surface area contributed by atoms with Gasteiger partial charge in [0.05, 0.1) is 18.8 Å². The molecule has 0 aliphatic heterocycles. The summed E-state index contributed by atoms with van der Waals surface area (Å²) in [5.41, 5.74) is 6.57. The van der Waals surface area contributed by atoms with Crippen LogP contribution in [0.2, 0.25) is 0 Å². The molecule has 0 aliphatic carbocycles. The van der Waals surface area contributed by atoms with Gasteiger partial charge in [-0.2, -0.15) is 0 Å². The van der Waals surface area contributed by atoms with Gasteiger partial charge in [-0.3, -0.25) is 0 Å². The van der Waals surface area contributed by atoms with Gasteiger partial charge in [-0.1, -0.05) is 0 Å². The van der Waals surface area contributed by atoms with Gasteiger partial charge in [0.1, 0.15) is 5.82 Å². The molecule has 6 nitrogen and oxygen atoms in total. The van der Waals surface area contributed by atoms with E-state index in [-0.39, 0.29) is 6.04 Å². The molecule has 6 heteroatoms. The molecule has 92 valence electrons. The van der Waals surface area contributed by atoms with Crippen molar-refractivity contribution < 1.29 is 4.74 Å². The molecular formula is C11H17N5O. The SMILES string of the molecule is COCC(C)N(C)c1nc(N)cn2ccnc12. The van der Waals surface area contributed by atoms with E-state index in [0.29, 0.717) is 12.4 Å². The molecule has 0 bridgehead atoms. The van der Waals surface area contributed by atoms with E-state index < -0.39 is 0 Å². The molecule has 2 aromatic rings. The van der Waals surface area contributed by atoms with Crippen LogP contribution in [0.15, 0.2) is 18.6 Å². The van der Waals surface area contributed by atoms with Crippen LogP contribution >= 0.6 is 0 Å². The van der Waals surface area contributed by atoms with Gasteiger partial charge in [-0.25, -0.2) is 9.97 Å². The molecule has 0 amide bonds. The van der Waals surface area contributed by atoms with Gasteiger partial charge in [-0.15, -0.1) is 0 Å². The zero-order valence-corrected chi connectivity index (χ0v) is 10.3. The molecule has 1 atom stereocenters. The normalized spacial score (nSPS) is 12.9. The van der Waals surface area contributed by atoms with Gasteiger partial charge in [0.25, 0.3) is 0 Å². The number of methoxy groups -OCH3 is 1. The fourth-order valence-electron chi connectivity index (χ4n) is 1.73. The van der Waals surface area contributed by atoms with Crippen LogP contribution in [-0.2, 0) is 4.74 Å². The van der Waals surface area contributed by atoms with Crippen LogP contribution < -0.4 is 10.6 Å². The molecule has 0 aliphatic rings. The Bertz CT molecular complexity index is 510. The number of aromatic nitrogens is 3. The smallest absolute Gasteiger partial charge is 0.180 e. The minimum Gasteiger partial charge on any atom is -0.383 e. The average Bonchev–Trinajstić information content (AvgIpc) is 2.75. The van der Waals surface area contributed by atoms with Crippen molar-refractivity contribution in [3.05, 3.63) is 18.6 Å². The minimum absolute atomic E-state index is 0.204. The molecular weight excluding hydrogens is 218 g/mol. The lowest BCUT2D eigenvalue weighted by Gasteiger charge is -2.25. The van der Waals surface area contributed by atoms with E-state index in [0.717, 1.165) is 11.5 Å². The predicted octanol–water partition coefficient (Wildman–Crippen LogP) is 0.783. The van der Waals surface area contributed by atoms with Crippen molar-refractivity contribution in [1.29, 1.82) is 0 Å². The second-order valence-corrected chi connectivity index (χ2v) is 4.06. The van der Waals surface area contributed by atoms with E-state index in [1.807, 2.05) is 22.5 Å². The summed E-state index contributed by atoms with van der Waals surface area (Å²) < 4.78 is 7.01. The van der Waals surface area contributed by atoms with Crippen LogP contribution in [0.4, 0.5) is 11.6 Å². The quantitative estimate of drug-likeness (QED) is 0.848. The van der Waals surface area contributed by atoms with E-state index in [1.165, 1.54) is 0 Å². The standard InChI is InChI=1S/C11H17N5O/c1-8(7-17-3)15(2)11-10-13-4-5-16(10)6-9(12)14-11/h4-6,8H,7,12H2,1-3H3. The number of nitrogens with two attached hydrogens (primary N) is 1.